The minimum atomic E-state index is -0.425. The molecule has 0 aliphatic carbocycles. The number of carbonyl (C=O) groups excluding carboxylic acids is 1. The molecule has 0 aliphatic rings. The highest BCUT2D eigenvalue weighted by molar-refractivity contribution is 7.80. The van der Waals surface area contributed by atoms with Gasteiger partial charge < -0.3 is 14.5 Å². The molecule has 0 bridgehead atoms. The minimum Gasteiger partial charge on any atom is -0.484 e. The third-order valence-corrected chi connectivity index (χ3v) is 3.19. The Hall–Kier alpha value is -2.61. The molecule has 1 heterocycles. The number of rotatable bonds is 4. The molecule has 1 aromatic heterocycles. The van der Waals surface area contributed by atoms with E-state index >= 15 is 0 Å². The van der Waals surface area contributed by atoms with Gasteiger partial charge in [0.2, 0.25) is 0 Å². The van der Waals surface area contributed by atoms with Crippen LogP contribution < -0.4 is 26.5 Å². The van der Waals surface area contributed by atoms with Crippen molar-refractivity contribution in [2.45, 2.75) is 13.8 Å². The standard InChI is InChI=1S/C15H17N3O4S/c1-3-16-15(23)18-17-13(19)8-21-10-4-5-11-9(2)6-14(20)22-12(11)7-10/h4-7H,3,8H2,1-2H3,(H,17,19)(H2,16,18,23). The molecular formula is C15H17N3O4S. The summed E-state index contributed by atoms with van der Waals surface area (Å²) < 4.78 is 10.5. The van der Waals surface area contributed by atoms with Crippen LogP contribution >= 0.6 is 12.2 Å². The van der Waals surface area contributed by atoms with Crippen molar-refractivity contribution < 1.29 is 13.9 Å². The lowest BCUT2D eigenvalue weighted by atomic mass is 10.1. The van der Waals surface area contributed by atoms with Crippen molar-refractivity contribution >= 4 is 34.2 Å². The summed E-state index contributed by atoms with van der Waals surface area (Å²) in [5, 5.41) is 3.97. The molecule has 0 saturated heterocycles. The van der Waals surface area contributed by atoms with Gasteiger partial charge in [-0.1, -0.05) is 0 Å². The lowest BCUT2D eigenvalue weighted by Crippen LogP contribution is -2.48. The number of hydrogen-bond acceptors (Lipinski definition) is 5. The smallest absolute Gasteiger partial charge is 0.336 e. The number of nitrogens with one attached hydrogen (secondary N) is 3. The Morgan fingerprint density at radius 2 is 2.09 bits per heavy atom. The molecular weight excluding hydrogens is 318 g/mol. The Kier molecular flexibility index (Phi) is 5.53. The number of amides is 1. The third kappa shape index (κ3) is 4.68. The number of fused-ring (bicyclic) bond motifs is 1. The molecule has 1 amide bonds. The summed E-state index contributed by atoms with van der Waals surface area (Å²) in [6, 6.07) is 6.49. The Bertz CT molecular complexity index is 788. The second kappa shape index (κ2) is 7.59. The number of benzene rings is 1. The van der Waals surface area contributed by atoms with Crippen LogP contribution in [0.2, 0.25) is 0 Å². The van der Waals surface area contributed by atoms with Crippen LogP contribution in [0.25, 0.3) is 11.0 Å². The maximum atomic E-state index is 11.6. The number of thiocarbonyl (C=S) groups is 1. The maximum absolute atomic E-state index is 11.6. The van der Waals surface area contributed by atoms with Gasteiger partial charge in [0.15, 0.2) is 11.7 Å². The summed E-state index contributed by atoms with van der Waals surface area (Å²) >= 11 is 4.91. The first-order chi connectivity index (χ1) is 11.0. The molecule has 23 heavy (non-hydrogen) atoms. The van der Waals surface area contributed by atoms with E-state index in [0.29, 0.717) is 23.0 Å². The quantitative estimate of drug-likeness (QED) is 0.436. The molecule has 0 unspecified atom stereocenters. The van der Waals surface area contributed by atoms with Crippen molar-refractivity contribution in [2.24, 2.45) is 0 Å². The first-order valence-electron chi connectivity index (χ1n) is 6.99. The highest BCUT2D eigenvalue weighted by atomic mass is 32.1. The molecule has 3 N–H and O–H groups in total. The molecule has 2 aromatic rings. The van der Waals surface area contributed by atoms with Crippen molar-refractivity contribution in [3.8, 4) is 5.75 Å². The van der Waals surface area contributed by atoms with Crippen LogP contribution in [0.5, 0.6) is 5.75 Å². The van der Waals surface area contributed by atoms with E-state index in [0.717, 1.165) is 10.9 Å². The number of aryl methyl sites for hydroxylation is 1. The fourth-order valence-corrected chi connectivity index (χ4v) is 2.11. The highest BCUT2D eigenvalue weighted by Crippen LogP contribution is 2.22. The zero-order valence-corrected chi connectivity index (χ0v) is 13.6. The maximum Gasteiger partial charge on any atom is 0.336 e. The molecule has 1 aromatic carbocycles. The fourth-order valence-electron chi connectivity index (χ4n) is 1.91. The van der Waals surface area contributed by atoms with Gasteiger partial charge in [0, 0.05) is 24.1 Å². The normalized spacial score (nSPS) is 10.2. The Morgan fingerprint density at radius 3 is 2.83 bits per heavy atom. The number of hydrazine groups is 1. The van der Waals surface area contributed by atoms with E-state index < -0.39 is 11.5 Å². The van der Waals surface area contributed by atoms with Gasteiger partial charge in [-0.25, -0.2) is 4.79 Å². The van der Waals surface area contributed by atoms with Gasteiger partial charge in [0.1, 0.15) is 11.3 Å². The topological polar surface area (TPSA) is 92.6 Å². The van der Waals surface area contributed by atoms with Gasteiger partial charge in [-0.2, -0.15) is 0 Å². The van der Waals surface area contributed by atoms with Crippen molar-refractivity contribution in [2.75, 3.05) is 13.2 Å². The number of hydrogen-bond donors (Lipinski definition) is 3. The lowest BCUT2D eigenvalue weighted by Gasteiger charge is -2.11. The van der Waals surface area contributed by atoms with Crippen LogP contribution in [0.15, 0.2) is 33.5 Å². The van der Waals surface area contributed by atoms with Gasteiger partial charge in [0.25, 0.3) is 5.91 Å². The molecule has 7 nitrogen and oxygen atoms in total. The van der Waals surface area contributed by atoms with Crippen molar-refractivity contribution in [3.05, 3.63) is 40.2 Å². The van der Waals surface area contributed by atoms with E-state index in [2.05, 4.69) is 16.2 Å². The van der Waals surface area contributed by atoms with E-state index in [1.54, 1.807) is 18.2 Å². The van der Waals surface area contributed by atoms with E-state index in [1.807, 2.05) is 13.8 Å². The van der Waals surface area contributed by atoms with Crippen LogP contribution in [-0.2, 0) is 4.79 Å². The van der Waals surface area contributed by atoms with Crippen LogP contribution in [-0.4, -0.2) is 24.2 Å². The molecule has 0 saturated carbocycles. The average molecular weight is 335 g/mol. The Balaban J connectivity index is 1.95. The Labute approximate surface area is 138 Å². The van der Waals surface area contributed by atoms with Crippen LogP contribution in [0.3, 0.4) is 0 Å². The molecule has 0 aliphatic heterocycles. The minimum absolute atomic E-state index is 0.205. The summed E-state index contributed by atoms with van der Waals surface area (Å²) in [7, 11) is 0. The zero-order chi connectivity index (χ0) is 16.8. The van der Waals surface area contributed by atoms with Crippen LogP contribution in [0.1, 0.15) is 12.5 Å². The average Bonchev–Trinajstić information content (AvgIpc) is 2.50. The molecule has 0 radical (unpaired) electrons. The van der Waals surface area contributed by atoms with Gasteiger partial charge in [-0.15, -0.1) is 0 Å². The highest BCUT2D eigenvalue weighted by Gasteiger charge is 2.06. The molecule has 0 atom stereocenters. The van der Waals surface area contributed by atoms with Gasteiger partial charge in [0.05, 0.1) is 0 Å². The molecule has 0 spiro atoms. The summed E-state index contributed by atoms with van der Waals surface area (Å²) in [6.07, 6.45) is 0. The monoisotopic (exact) mass is 335 g/mol. The van der Waals surface area contributed by atoms with Crippen molar-refractivity contribution in [1.29, 1.82) is 0 Å². The second-order valence-electron chi connectivity index (χ2n) is 4.73. The van der Waals surface area contributed by atoms with Crippen LogP contribution in [0, 0.1) is 6.92 Å². The first kappa shape index (κ1) is 16.8. The van der Waals surface area contributed by atoms with Crippen molar-refractivity contribution in [3.63, 3.8) is 0 Å². The van der Waals surface area contributed by atoms with Gasteiger partial charge >= 0.3 is 5.63 Å². The third-order valence-electron chi connectivity index (χ3n) is 2.95. The molecule has 0 fully saturated rings. The summed E-state index contributed by atoms with van der Waals surface area (Å²) in [6.45, 7) is 4.16. The second-order valence-corrected chi connectivity index (χ2v) is 5.14. The zero-order valence-electron chi connectivity index (χ0n) is 12.8. The largest absolute Gasteiger partial charge is 0.484 e. The summed E-state index contributed by atoms with van der Waals surface area (Å²) in [5.74, 6) is 0.0340. The molecule has 8 heteroatoms. The summed E-state index contributed by atoms with van der Waals surface area (Å²) in [4.78, 5) is 23.0. The Morgan fingerprint density at radius 1 is 1.30 bits per heavy atom. The van der Waals surface area contributed by atoms with E-state index in [1.165, 1.54) is 6.07 Å². The number of ether oxygens (including phenoxy) is 1. The predicted molar refractivity (Wildman–Crippen MR) is 90.3 cm³/mol. The summed E-state index contributed by atoms with van der Waals surface area (Å²) in [5.41, 5.74) is 5.76. The predicted octanol–water partition coefficient (Wildman–Crippen LogP) is 0.995. The van der Waals surface area contributed by atoms with Gasteiger partial charge in [-0.05, 0) is 43.8 Å². The van der Waals surface area contributed by atoms with E-state index in [9.17, 15) is 9.59 Å². The SMILES string of the molecule is CCNC(=S)NNC(=O)COc1ccc2c(C)cc(=O)oc2c1. The van der Waals surface area contributed by atoms with E-state index in [-0.39, 0.29) is 6.61 Å². The molecule has 2 rings (SSSR count). The lowest BCUT2D eigenvalue weighted by molar-refractivity contribution is -0.123. The number of carbonyl (C=O) groups is 1. The fraction of sp³-hybridized carbons (Fsp3) is 0.267. The van der Waals surface area contributed by atoms with Crippen molar-refractivity contribution in [1.82, 2.24) is 16.2 Å². The van der Waals surface area contributed by atoms with E-state index in [4.69, 9.17) is 21.4 Å². The molecule has 122 valence electrons. The van der Waals surface area contributed by atoms with Crippen LogP contribution in [0.4, 0.5) is 0 Å². The first-order valence-corrected chi connectivity index (χ1v) is 7.40. The van der Waals surface area contributed by atoms with Gasteiger partial charge in [-0.3, -0.25) is 15.6 Å².